The Morgan fingerprint density at radius 3 is 2.38 bits per heavy atom. The smallest absolute Gasteiger partial charge is 0.280 e. The van der Waals surface area contributed by atoms with Crippen molar-refractivity contribution >= 4 is 34.8 Å². The van der Waals surface area contributed by atoms with E-state index in [1.165, 1.54) is 11.3 Å². The Morgan fingerprint density at radius 1 is 1.07 bits per heavy atom. The third-order valence-corrected chi connectivity index (χ3v) is 7.41. The number of nitrogens with one attached hydrogen (secondary N) is 2. The quantitative estimate of drug-likeness (QED) is 0.742. The zero-order valence-electron chi connectivity index (χ0n) is 16.5. The molecule has 2 aromatic rings. The lowest BCUT2D eigenvalue weighted by atomic mass is 9.84. The van der Waals surface area contributed by atoms with Gasteiger partial charge in [-0.25, -0.2) is 4.98 Å². The fourth-order valence-corrected chi connectivity index (χ4v) is 5.65. The molecule has 4 unspecified atom stereocenters. The van der Waals surface area contributed by atoms with Crippen LogP contribution in [0.25, 0.3) is 0 Å². The van der Waals surface area contributed by atoms with E-state index in [9.17, 15) is 9.59 Å². The Balaban J connectivity index is 1.37. The molecule has 4 rings (SSSR count). The molecule has 2 saturated carbocycles. The Morgan fingerprint density at radius 2 is 1.76 bits per heavy atom. The number of carbonyl (C=O) groups excluding carboxylic acids is 2. The second-order valence-electron chi connectivity index (χ2n) is 8.23. The molecule has 0 spiro atoms. The summed E-state index contributed by atoms with van der Waals surface area (Å²) in [6.45, 7) is 1.91. The van der Waals surface area contributed by atoms with Gasteiger partial charge >= 0.3 is 0 Å². The van der Waals surface area contributed by atoms with E-state index in [1.807, 2.05) is 12.3 Å². The maximum atomic E-state index is 12.7. The predicted molar refractivity (Wildman–Crippen MR) is 115 cm³/mol. The molecule has 7 heteroatoms. The molecule has 2 amide bonds. The van der Waals surface area contributed by atoms with Crippen molar-refractivity contribution in [3.63, 3.8) is 0 Å². The molecule has 2 fully saturated rings. The van der Waals surface area contributed by atoms with Crippen LogP contribution in [0.15, 0.2) is 29.6 Å². The van der Waals surface area contributed by atoms with Crippen LogP contribution in [0.5, 0.6) is 0 Å². The first-order chi connectivity index (χ1) is 14.0. The molecule has 1 heterocycles. The third-order valence-electron chi connectivity index (χ3n) is 6.22. The number of hydrogen-bond donors (Lipinski definition) is 2. The molecule has 154 valence electrons. The highest BCUT2D eigenvalue weighted by molar-refractivity contribution is 7.11. The highest BCUT2D eigenvalue weighted by Crippen LogP contribution is 2.40. The predicted octanol–water partition coefficient (Wildman–Crippen LogP) is 4.60. The summed E-state index contributed by atoms with van der Waals surface area (Å²) >= 11 is 7.43. The molecule has 0 radical (unpaired) electrons. The number of carbonyl (C=O) groups is 2. The first kappa shape index (κ1) is 20.4. The van der Waals surface area contributed by atoms with Gasteiger partial charge in [0.2, 0.25) is 0 Å². The fraction of sp³-hybridized carbons (Fsp3) is 0.500. The number of hydrogen-bond acceptors (Lipinski definition) is 4. The maximum Gasteiger partial charge on any atom is 0.280 e. The van der Waals surface area contributed by atoms with Crippen LogP contribution in [0.4, 0.5) is 0 Å². The molecule has 0 aliphatic heterocycles. The summed E-state index contributed by atoms with van der Waals surface area (Å²) in [5.41, 5.74) is 1.50. The van der Waals surface area contributed by atoms with Crippen molar-refractivity contribution < 1.29 is 9.59 Å². The minimum atomic E-state index is -0.0528. The zero-order valence-corrected chi connectivity index (χ0v) is 18.1. The molecule has 29 heavy (non-hydrogen) atoms. The first-order valence-corrected chi connectivity index (χ1v) is 11.5. The van der Waals surface area contributed by atoms with Crippen LogP contribution in [-0.4, -0.2) is 28.9 Å². The van der Waals surface area contributed by atoms with Crippen LogP contribution in [0.3, 0.4) is 0 Å². The highest BCUT2D eigenvalue weighted by atomic mass is 35.5. The number of fused-ring (bicyclic) bond motifs is 2. The third kappa shape index (κ3) is 4.81. The van der Waals surface area contributed by atoms with Gasteiger partial charge in [0, 0.05) is 33.7 Å². The normalized spacial score (nSPS) is 26.4. The van der Waals surface area contributed by atoms with Crippen LogP contribution in [0.1, 0.15) is 64.4 Å². The standard InChI is InChI=1S/C22H26ClN3O2S/c1-13-12-29-22(24-13)21(28)26-19-7-3-6-18(14-8-9-15(19)10-14)25-20(27)16-4-2-5-17(23)11-16/h2,4-5,11-12,14-15,18-19H,3,6-10H2,1H3,(H,25,27)(H,26,28). The van der Waals surface area contributed by atoms with E-state index in [0.717, 1.165) is 44.2 Å². The van der Waals surface area contributed by atoms with Crippen LogP contribution in [0.2, 0.25) is 5.02 Å². The highest BCUT2D eigenvalue weighted by Gasteiger charge is 2.38. The van der Waals surface area contributed by atoms with Gasteiger partial charge in [-0.3, -0.25) is 9.59 Å². The Labute approximate surface area is 180 Å². The molecular weight excluding hydrogens is 406 g/mol. The Bertz CT molecular complexity index is 900. The van der Waals surface area contributed by atoms with Gasteiger partial charge in [0.25, 0.3) is 11.8 Å². The van der Waals surface area contributed by atoms with Gasteiger partial charge in [-0.1, -0.05) is 17.7 Å². The number of aromatic nitrogens is 1. The minimum Gasteiger partial charge on any atom is -0.349 e. The lowest BCUT2D eigenvalue weighted by Gasteiger charge is -2.31. The van der Waals surface area contributed by atoms with Crippen LogP contribution >= 0.6 is 22.9 Å². The summed E-state index contributed by atoms with van der Waals surface area (Å²) in [7, 11) is 0. The number of aryl methyl sites for hydroxylation is 1. The second-order valence-corrected chi connectivity index (χ2v) is 9.52. The van der Waals surface area contributed by atoms with Crippen molar-refractivity contribution in [2.45, 2.75) is 57.5 Å². The molecule has 1 aromatic carbocycles. The minimum absolute atomic E-state index is 0.0504. The first-order valence-electron chi connectivity index (χ1n) is 10.3. The van der Waals surface area contributed by atoms with Crippen LogP contribution in [0, 0.1) is 18.8 Å². The molecule has 4 atom stereocenters. The van der Waals surface area contributed by atoms with Gasteiger partial charge in [0.15, 0.2) is 5.01 Å². The number of halogens is 1. The van der Waals surface area contributed by atoms with Crippen LogP contribution < -0.4 is 10.6 Å². The summed E-state index contributed by atoms with van der Waals surface area (Å²) in [4.78, 5) is 29.5. The van der Waals surface area contributed by atoms with Gasteiger partial charge in [0.1, 0.15) is 0 Å². The molecular formula is C22H26ClN3O2S. The maximum absolute atomic E-state index is 12.7. The van der Waals surface area contributed by atoms with Gasteiger partial charge in [-0.05, 0) is 75.5 Å². The zero-order chi connectivity index (χ0) is 20.4. The van der Waals surface area contributed by atoms with Gasteiger partial charge < -0.3 is 10.6 Å². The Hall–Kier alpha value is -1.92. The van der Waals surface area contributed by atoms with Crippen molar-refractivity contribution in [3.8, 4) is 0 Å². The summed E-state index contributed by atoms with van der Waals surface area (Å²) < 4.78 is 0. The molecule has 1 aromatic heterocycles. The summed E-state index contributed by atoms with van der Waals surface area (Å²) in [5.74, 6) is 0.828. The summed E-state index contributed by atoms with van der Waals surface area (Å²) in [5, 5.41) is 9.52. The number of benzene rings is 1. The largest absolute Gasteiger partial charge is 0.349 e. The van der Waals surface area contributed by atoms with E-state index >= 15 is 0 Å². The SMILES string of the molecule is Cc1csc(C(=O)NC2CCCC(NC(=O)c3cccc(Cl)c3)C3CCC2C3)n1. The topological polar surface area (TPSA) is 71.1 Å². The van der Waals surface area contributed by atoms with E-state index in [-0.39, 0.29) is 23.9 Å². The molecule has 2 bridgehead atoms. The lowest BCUT2D eigenvalue weighted by Crippen LogP contribution is -2.44. The average molecular weight is 432 g/mol. The van der Waals surface area contributed by atoms with Gasteiger partial charge in [-0.2, -0.15) is 0 Å². The van der Waals surface area contributed by atoms with E-state index in [2.05, 4.69) is 15.6 Å². The summed E-state index contributed by atoms with van der Waals surface area (Å²) in [6, 6.07) is 7.47. The van der Waals surface area contributed by atoms with Crippen molar-refractivity contribution in [2.75, 3.05) is 0 Å². The number of nitrogens with zero attached hydrogens (tertiary/aromatic N) is 1. The molecule has 2 N–H and O–H groups in total. The number of thiazole rings is 1. The van der Waals surface area contributed by atoms with Gasteiger partial charge in [-0.15, -0.1) is 11.3 Å². The van der Waals surface area contributed by atoms with Crippen molar-refractivity contribution in [3.05, 3.63) is 50.9 Å². The van der Waals surface area contributed by atoms with Crippen molar-refractivity contribution in [2.24, 2.45) is 11.8 Å². The Kier molecular flexibility index (Phi) is 6.20. The lowest BCUT2D eigenvalue weighted by molar-refractivity contribution is 0.0903. The number of rotatable bonds is 4. The van der Waals surface area contributed by atoms with Crippen molar-refractivity contribution in [1.82, 2.24) is 15.6 Å². The van der Waals surface area contributed by atoms with Crippen LogP contribution in [-0.2, 0) is 0 Å². The van der Waals surface area contributed by atoms with E-state index in [0.29, 0.717) is 27.4 Å². The molecule has 2 aliphatic rings. The van der Waals surface area contributed by atoms with E-state index in [4.69, 9.17) is 11.6 Å². The number of amides is 2. The summed E-state index contributed by atoms with van der Waals surface area (Å²) in [6.07, 6.45) is 6.09. The average Bonchev–Trinajstić information content (AvgIpc) is 3.35. The monoisotopic (exact) mass is 431 g/mol. The van der Waals surface area contributed by atoms with E-state index < -0.39 is 0 Å². The fourth-order valence-electron chi connectivity index (χ4n) is 4.76. The molecule has 2 aliphatic carbocycles. The molecule has 0 saturated heterocycles. The molecule has 5 nitrogen and oxygen atoms in total. The van der Waals surface area contributed by atoms with Gasteiger partial charge in [0.05, 0.1) is 0 Å². The van der Waals surface area contributed by atoms with Crippen molar-refractivity contribution in [1.29, 1.82) is 0 Å². The second kappa shape index (κ2) is 8.84. The van der Waals surface area contributed by atoms with E-state index in [1.54, 1.807) is 24.3 Å².